The fourth-order valence-corrected chi connectivity index (χ4v) is 3.48. The van der Waals surface area contributed by atoms with E-state index in [0.29, 0.717) is 10.6 Å². The average Bonchev–Trinajstić information content (AvgIpc) is 3.07. The molecular weight excluding hydrogens is 389 g/mol. The number of rotatable bonds is 6. The molecular formula is C20H17F3N2O2S. The maximum Gasteiger partial charge on any atom is 0.416 e. The Bertz CT molecular complexity index is 956. The van der Waals surface area contributed by atoms with Crippen LogP contribution in [-0.2, 0) is 6.18 Å². The molecule has 8 heteroatoms. The summed E-state index contributed by atoms with van der Waals surface area (Å²) in [4.78, 5) is 17.3. The molecule has 0 unspecified atom stereocenters. The van der Waals surface area contributed by atoms with E-state index in [4.69, 9.17) is 4.74 Å². The molecule has 28 heavy (non-hydrogen) atoms. The quantitative estimate of drug-likeness (QED) is 0.590. The van der Waals surface area contributed by atoms with Crippen molar-refractivity contribution in [2.45, 2.75) is 13.1 Å². The molecule has 0 spiro atoms. The van der Waals surface area contributed by atoms with Crippen LogP contribution in [0.15, 0.2) is 54.6 Å². The fourth-order valence-electron chi connectivity index (χ4n) is 2.49. The molecule has 0 saturated heterocycles. The van der Waals surface area contributed by atoms with E-state index in [9.17, 15) is 18.0 Å². The van der Waals surface area contributed by atoms with Crippen LogP contribution >= 0.6 is 11.3 Å². The number of nitrogens with zero attached hydrogens (tertiary/aromatic N) is 1. The minimum absolute atomic E-state index is 0.0520. The van der Waals surface area contributed by atoms with E-state index in [0.717, 1.165) is 22.7 Å². The van der Waals surface area contributed by atoms with Crippen LogP contribution in [0.25, 0.3) is 10.6 Å². The summed E-state index contributed by atoms with van der Waals surface area (Å²) in [5.74, 6) is -0.186. The molecule has 0 aliphatic rings. The molecule has 0 fully saturated rings. The first kappa shape index (κ1) is 19.9. The summed E-state index contributed by atoms with van der Waals surface area (Å²) in [6.07, 6.45) is -4.42. The minimum Gasteiger partial charge on any atom is -0.492 e. The second-order valence-electron chi connectivity index (χ2n) is 5.93. The number of nitrogens with one attached hydrogen (secondary N) is 1. The van der Waals surface area contributed by atoms with Gasteiger partial charge >= 0.3 is 6.18 Å². The third kappa shape index (κ3) is 4.89. The molecule has 1 aromatic heterocycles. The van der Waals surface area contributed by atoms with Crippen molar-refractivity contribution < 1.29 is 22.7 Å². The SMILES string of the molecule is Cc1nc(-c2ccccc2)sc1C(=O)NCCOc1cccc(C(F)(F)F)c1. The summed E-state index contributed by atoms with van der Waals surface area (Å²) >= 11 is 1.29. The number of thiazole rings is 1. The number of hydrogen-bond acceptors (Lipinski definition) is 4. The summed E-state index contributed by atoms with van der Waals surface area (Å²) in [6.45, 7) is 1.97. The fraction of sp³-hybridized carbons (Fsp3) is 0.200. The number of aromatic nitrogens is 1. The Kier molecular flexibility index (Phi) is 5.99. The first-order valence-electron chi connectivity index (χ1n) is 8.45. The summed E-state index contributed by atoms with van der Waals surface area (Å²) < 4.78 is 43.4. The topological polar surface area (TPSA) is 51.2 Å². The molecule has 0 saturated carbocycles. The predicted molar refractivity (Wildman–Crippen MR) is 102 cm³/mol. The molecule has 4 nitrogen and oxygen atoms in total. The van der Waals surface area contributed by atoms with Crippen LogP contribution in [-0.4, -0.2) is 24.0 Å². The molecule has 1 amide bonds. The molecule has 3 rings (SSSR count). The summed E-state index contributed by atoms with van der Waals surface area (Å²) in [5.41, 5.74) is 0.783. The third-order valence-electron chi connectivity index (χ3n) is 3.84. The first-order valence-corrected chi connectivity index (χ1v) is 9.27. The van der Waals surface area contributed by atoms with Gasteiger partial charge in [-0.05, 0) is 25.1 Å². The minimum atomic E-state index is -4.42. The lowest BCUT2D eigenvalue weighted by atomic mass is 10.2. The van der Waals surface area contributed by atoms with Gasteiger partial charge in [-0.2, -0.15) is 13.2 Å². The molecule has 0 radical (unpaired) electrons. The molecule has 1 N–H and O–H groups in total. The Balaban J connectivity index is 1.55. The van der Waals surface area contributed by atoms with Crippen molar-refractivity contribution in [3.8, 4) is 16.3 Å². The van der Waals surface area contributed by atoms with Gasteiger partial charge in [0.05, 0.1) is 17.8 Å². The van der Waals surface area contributed by atoms with Gasteiger partial charge in [-0.1, -0.05) is 36.4 Å². The Hall–Kier alpha value is -2.87. The molecule has 1 heterocycles. The van der Waals surface area contributed by atoms with Gasteiger partial charge in [-0.15, -0.1) is 11.3 Å². The van der Waals surface area contributed by atoms with Crippen LogP contribution in [0.2, 0.25) is 0 Å². The van der Waals surface area contributed by atoms with Crippen LogP contribution < -0.4 is 10.1 Å². The van der Waals surface area contributed by atoms with Gasteiger partial charge in [0, 0.05) is 5.56 Å². The molecule has 0 bridgehead atoms. The number of amides is 1. The number of ether oxygens (including phenoxy) is 1. The highest BCUT2D eigenvalue weighted by Crippen LogP contribution is 2.31. The molecule has 0 aliphatic carbocycles. The Morgan fingerprint density at radius 3 is 2.61 bits per heavy atom. The zero-order valence-electron chi connectivity index (χ0n) is 14.9. The summed E-state index contributed by atoms with van der Waals surface area (Å²) in [6, 6.07) is 14.2. The highest BCUT2D eigenvalue weighted by Gasteiger charge is 2.30. The van der Waals surface area contributed by atoms with Crippen LogP contribution in [0.4, 0.5) is 13.2 Å². The van der Waals surface area contributed by atoms with Crippen LogP contribution in [0.5, 0.6) is 5.75 Å². The molecule has 0 atom stereocenters. The van der Waals surface area contributed by atoms with Gasteiger partial charge in [0.25, 0.3) is 5.91 Å². The highest BCUT2D eigenvalue weighted by atomic mass is 32.1. The smallest absolute Gasteiger partial charge is 0.416 e. The van der Waals surface area contributed by atoms with Gasteiger partial charge < -0.3 is 10.1 Å². The van der Waals surface area contributed by atoms with Crippen molar-refractivity contribution in [1.29, 1.82) is 0 Å². The first-order chi connectivity index (χ1) is 13.3. The number of halogens is 3. The van der Waals surface area contributed by atoms with E-state index in [-0.39, 0.29) is 24.8 Å². The third-order valence-corrected chi connectivity index (χ3v) is 5.05. The van der Waals surface area contributed by atoms with Gasteiger partial charge in [-0.3, -0.25) is 4.79 Å². The normalized spacial score (nSPS) is 11.3. The number of benzene rings is 2. The molecule has 146 valence electrons. The van der Waals surface area contributed by atoms with E-state index in [1.807, 2.05) is 30.3 Å². The van der Waals surface area contributed by atoms with Gasteiger partial charge in [-0.25, -0.2) is 4.98 Å². The number of hydrogen-bond donors (Lipinski definition) is 1. The monoisotopic (exact) mass is 406 g/mol. The van der Waals surface area contributed by atoms with Gasteiger partial charge in [0.1, 0.15) is 22.2 Å². The predicted octanol–water partition coefficient (Wildman–Crippen LogP) is 4.95. The van der Waals surface area contributed by atoms with Crippen molar-refractivity contribution in [2.24, 2.45) is 0 Å². The zero-order valence-corrected chi connectivity index (χ0v) is 15.7. The Morgan fingerprint density at radius 2 is 1.89 bits per heavy atom. The van der Waals surface area contributed by atoms with Crippen molar-refractivity contribution >= 4 is 17.2 Å². The second kappa shape index (κ2) is 8.43. The van der Waals surface area contributed by atoms with Crippen molar-refractivity contribution in [2.75, 3.05) is 13.2 Å². The second-order valence-corrected chi connectivity index (χ2v) is 6.93. The standard InChI is InChI=1S/C20H17F3N2O2S/c1-13-17(28-19(25-13)14-6-3-2-4-7-14)18(26)24-10-11-27-16-9-5-8-15(12-16)20(21,22)23/h2-9,12H,10-11H2,1H3,(H,24,26). The largest absolute Gasteiger partial charge is 0.492 e. The maximum absolute atomic E-state index is 12.7. The van der Waals surface area contributed by atoms with E-state index < -0.39 is 11.7 Å². The van der Waals surface area contributed by atoms with Gasteiger partial charge in [0.2, 0.25) is 0 Å². The average molecular weight is 406 g/mol. The number of alkyl halides is 3. The lowest BCUT2D eigenvalue weighted by Crippen LogP contribution is -2.28. The molecule has 2 aromatic carbocycles. The molecule has 0 aliphatic heterocycles. The van der Waals surface area contributed by atoms with Crippen molar-refractivity contribution in [1.82, 2.24) is 10.3 Å². The van der Waals surface area contributed by atoms with E-state index in [2.05, 4.69) is 10.3 Å². The van der Waals surface area contributed by atoms with Crippen LogP contribution in [0, 0.1) is 6.92 Å². The molecule has 3 aromatic rings. The number of aryl methyl sites for hydroxylation is 1. The van der Waals surface area contributed by atoms with Crippen LogP contribution in [0.3, 0.4) is 0 Å². The number of carbonyl (C=O) groups is 1. The van der Waals surface area contributed by atoms with E-state index >= 15 is 0 Å². The summed E-state index contributed by atoms with van der Waals surface area (Å²) in [5, 5.41) is 3.46. The van der Waals surface area contributed by atoms with Crippen molar-refractivity contribution in [3.63, 3.8) is 0 Å². The van der Waals surface area contributed by atoms with Gasteiger partial charge in [0.15, 0.2) is 0 Å². The highest BCUT2D eigenvalue weighted by molar-refractivity contribution is 7.17. The Labute approximate surface area is 164 Å². The van der Waals surface area contributed by atoms with E-state index in [1.165, 1.54) is 23.5 Å². The van der Waals surface area contributed by atoms with E-state index in [1.54, 1.807) is 6.92 Å². The van der Waals surface area contributed by atoms with Crippen molar-refractivity contribution in [3.05, 3.63) is 70.7 Å². The lowest BCUT2D eigenvalue weighted by molar-refractivity contribution is -0.137. The zero-order chi connectivity index (χ0) is 20.1. The summed E-state index contributed by atoms with van der Waals surface area (Å²) in [7, 11) is 0. The Morgan fingerprint density at radius 1 is 1.14 bits per heavy atom. The number of carbonyl (C=O) groups excluding carboxylic acids is 1. The van der Waals surface area contributed by atoms with Crippen LogP contribution in [0.1, 0.15) is 20.9 Å². The lowest BCUT2D eigenvalue weighted by Gasteiger charge is -2.10. The maximum atomic E-state index is 12.7.